The van der Waals surface area contributed by atoms with Crippen LogP contribution < -0.4 is 16.4 Å². The first-order valence-corrected chi connectivity index (χ1v) is 7.17. The van der Waals surface area contributed by atoms with Crippen molar-refractivity contribution in [1.29, 1.82) is 0 Å². The summed E-state index contributed by atoms with van der Waals surface area (Å²) < 4.78 is 0. The third kappa shape index (κ3) is 5.95. The minimum absolute atomic E-state index is 0.147. The van der Waals surface area contributed by atoms with Gasteiger partial charge in [-0.25, -0.2) is 0 Å². The molecule has 2 amide bonds. The molecule has 0 saturated carbocycles. The lowest BCUT2D eigenvalue weighted by molar-refractivity contribution is -0.133. The molecule has 5 nitrogen and oxygen atoms in total. The topological polar surface area (TPSA) is 84.2 Å². The molecule has 0 saturated heterocycles. The zero-order chi connectivity index (χ0) is 15.9. The number of hydrogen-bond donors (Lipinski definition) is 3. The van der Waals surface area contributed by atoms with Crippen molar-refractivity contribution >= 4 is 11.8 Å². The molecule has 1 unspecified atom stereocenters. The quantitative estimate of drug-likeness (QED) is 0.726. The number of hydrogen-bond acceptors (Lipinski definition) is 3. The Kier molecular flexibility index (Phi) is 6.37. The van der Waals surface area contributed by atoms with Crippen LogP contribution in [0, 0.1) is 5.41 Å². The van der Waals surface area contributed by atoms with Gasteiger partial charge in [0.2, 0.25) is 11.8 Å². The highest BCUT2D eigenvalue weighted by molar-refractivity contribution is 5.89. The van der Waals surface area contributed by atoms with Gasteiger partial charge in [-0.2, -0.15) is 0 Å². The van der Waals surface area contributed by atoms with Gasteiger partial charge in [-0.3, -0.25) is 9.59 Å². The van der Waals surface area contributed by atoms with Crippen LogP contribution in [0.15, 0.2) is 30.3 Å². The minimum Gasteiger partial charge on any atom is -0.353 e. The van der Waals surface area contributed by atoms with Crippen molar-refractivity contribution in [1.82, 2.24) is 10.6 Å². The SMILES string of the molecule is CC(C)(C)C(=O)NC(Cc1ccccc1)C(=O)NCCN. The summed E-state index contributed by atoms with van der Waals surface area (Å²) in [5, 5.41) is 5.55. The Balaban J connectivity index is 2.79. The Morgan fingerprint density at radius 2 is 1.81 bits per heavy atom. The zero-order valence-electron chi connectivity index (χ0n) is 13.0. The van der Waals surface area contributed by atoms with Crippen LogP contribution in [-0.2, 0) is 16.0 Å². The Bertz CT molecular complexity index is 466. The van der Waals surface area contributed by atoms with Crippen LogP contribution >= 0.6 is 0 Å². The lowest BCUT2D eigenvalue weighted by atomic mass is 9.94. The minimum atomic E-state index is -0.592. The fourth-order valence-corrected chi connectivity index (χ4v) is 1.75. The van der Waals surface area contributed by atoms with Crippen molar-refractivity contribution in [2.45, 2.75) is 33.2 Å². The molecule has 0 radical (unpaired) electrons. The molecule has 0 bridgehead atoms. The average molecular weight is 291 g/mol. The molecule has 116 valence electrons. The number of nitrogens with one attached hydrogen (secondary N) is 2. The maximum Gasteiger partial charge on any atom is 0.242 e. The smallest absolute Gasteiger partial charge is 0.242 e. The molecule has 1 rings (SSSR count). The Hall–Kier alpha value is -1.88. The predicted octanol–water partition coefficient (Wildman–Crippen LogP) is 0.835. The van der Waals surface area contributed by atoms with Gasteiger partial charge >= 0.3 is 0 Å². The molecular weight excluding hydrogens is 266 g/mol. The molecule has 0 aliphatic carbocycles. The average Bonchev–Trinajstić information content (AvgIpc) is 2.44. The molecule has 1 aromatic carbocycles. The highest BCUT2D eigenvalue weighted by Gasteiger charge is 2.27. The van der Waals surface area contributed by atoms with E-state index in [1.54, 1.807) is 0 Å². The lowest BCUT2D eigenvalue weighted by Gasteiger charge is -2.24. The van der Waals surface area contributed by atoms with Crippen LogP contribution in [-0.4, -0.2) is 30.9 Å². The van der Waals surface area contributed by atoms with E-state index in [0.29, 0.717) is 19.5 Å². The molecule has 1 aromatic rings. The summed E-state index contributed by atoms with van der Waals surface area (Å²) in [7, 11) is 0. The largest absolute Gasteiger partial charge is 0.353 e. The first-order valence-electron chi connectivity index (χ1n) is 7.17. The molecule has 21 heavy (non-hydrogen) atoms. The summed E-state index contributed by atoms with van der Waals surface area (Å²) in [5.74, 6) is -0.353. The molecule has 5 heteroatoms. The van der Waals surface area contributed by atoms with Crippen molar-refractivity contribution < 1.29 is 9.59 Å². The molecule has 1 atom stereocenters. The van der Waals surface area contributed by atoms with Gasteiger partial charge in [-0.15, -0.1) is 0 Å². The van der Waals surface area contributed by atoms with Crippen molar-refractivity contribution in [3.63, 3.8) is 0 Å². The van der Waals surface area contributed by atoms with Crippen LogP contribution in [0.2, 0.25) is 0 Å². The van der Waals surface area contributed by atoms with Crippen molar-refractivity contribution in [3.8, 4) is 0 Å². The van der Waals surface area contributed by atoms with Gasteiger partial charge in [-0.1, -0.05) is 51.1 Å². The molecule has 0 spiro atoms. The summed E-state index contributed by atoms with van der Waals surface area (Å²) >= 11 is 0. The number of benzene rings is 1. The van der Waals surface area contributed by atoms with Crippen molar-refractivity contribution in [3.05, 3.63) is 35.9 Å². The Morgan fingerprint density at radius 1 is 1.19 bits per heavy atom. The highest BCUT2D eigenvalue weighted by atomic mass is 16.2. The van der Waals surface area contributed by atoms with Crippen molar-refractivity contribution in [2.75, 3.05) is 13.1 Å². The van der Waals surface area contributed by atoms with E-state index in [-0.39, 0.29) is 11.8 Å². The molecule has 0 aliphatic heterocycles. The monoisotopic (exact) mass is 291 g/mol. The third-order valence-electron chi connectivity index (χ3n) is 3.03. The normalized spacial score (nSPS) is 12.6. The van der Waals surface area contributed by atoms with Gasteiger partial charge in [0.25, 0.3) is 0 Å². The Labute approximate surface area is 126 Å². The van der Waals surface area contributed by atoms with E-state index in [2.05, 4.69) is 10.6 Å². The van der Waals surface area contributed by atoms with E-state index in [1.165, 1.54) is 0 Å². The van der Waals surface area contributed by atoms with E-state index in [9.17, 15) is 9.59 Å². The summed E-state index contributed by atoms with van der Waals surface area (Å²) in [6.45, 7) is 6.23. The molecule has 0 aliphatic rings. The molecule has 0 heterocycles. The van der Waals surface area contributed by atoms with E-state index < -0.39 is 11.5 Å². The first-order chi connectivity index (χ1) is 9.84. The highest BCUT2D eigenvalue weighted by Crippen LogP contribution is 2.14. The number of rotatable bonds is 6. The molecule has 4 N–H and O–H groups in total. The zero-order valence-corrected chi connectivity index (χ0v) is 13.0. The van der Waals surface area contributed by atoms with Crippen LogP contribution in [0.4, 0.5) is 0 Å². The second kappa shape index (κ2) is 7.78. The maximum atomic E-state index is 12.2. The summed E-state index contributed by atoms with van der Waals surface area (Å²) in [4.78, 5) is 24.3. The van der Waals surface area contributed by atoms with E-state index in [1.807, 2.05) is 51.1 Å². The number of carbonyl (C=O) groups is 2. The van der Waals surface area contributed by atoms with Gasteiger partial charge in [0, 0.05) is 24.9 Å². The number of nitrogens with two attached hydrogens (primary N) is 1. The number of amides is 2. The fourth-order valence-electron chi connectivity index (χ4n) is 1.75. The van der Waals surface area contributed by atoms with E-state index >= 15 is 0 Å². The summed E-state index contributed by atoms with van der Waals surface area (Å²) in [6, 6.07) is 9.02. The van der Waals surface area contributed by atoms with Crippen LogP contribution in [0.3, 0.4) is 0 Å². The van der Waals surface area contributed by atoms with Gasteiger partial charge < -0.3 is 16.4 Å². The van der Waals surface area contributed by atoms with E-state index in [0.717, 1.165) is 5.56 Å². The van der Waals surface area contributed by atoms with Crippen molar-refractivity contribution in [2.24, 2.45) is 11.1 Å². The van der Waals surface area contributed by atoms with Gasteiger partial charge in [0.15, 0.2) is 0 Å². The maximum absolute atomic E-state index is 12.2. The first kappa shape index (κ1) is 17.2. The fraction of sp³-hybridized carbons (Fsp3) is 0.500. The van der Waals surface area contributed by atoms with Crippen LogP contribution in [0.25, 0.3) is 0 Å². The van der Waals surface area contributed by atoms with Crippen LogP contribution in [0.1, 0.15) is 26.3 Å². The molecule has 0 fully saturated rings. The Morgan fingerprint density at radius 3 is 2.33 bits per heavy atom. The van der Waals surface area contributed by atoms with Gasteiger partial charge in [0.1, 0.15) is 6.04 Å². The molecular formula is C16H25N3O2. The van der Waals surface area contributed by atoms with E-state index in [4.69, 9.17) is 5.73 Å². The standard InChI is InChI=1S/C16H25N3O2/c1-16(2,3)15(21)19-13(14(20)18-10-9-17)11-12-7-5-4-6-8-12/h4-8,13H,9-11,17H2,1-3H3,(H,18,20)(H,19,21). The third-order valence-corrected chi connectivity index (χ3v) is 3.03. The lowest BCUT2D eigenvalue weighted by Crippen LogP contribution is -2.51. The van der Waals surface area contributed by atoms with Gasteiger partial charge in [-0.05, 0) is 5.56 Å². The van der Waals surface area contributed by atoms with Crippen LogP contribution in [0.5, 0.6) is 0 Å². The molecule has 0 aromatic heterocycles. The summed E-state index contributed by atoms with van der Waals surface area (Å²) in [6.07, 6.45) is 0.457. The van der Waals surface area contributed by atoms with Gasteiger partial charge in [0.05, 0.1) is 0 Å². The second-order valence-electron chi connectivity index (χ2n) is 6.05. The number of carbonyl (C=O) groups excluding carboxylic acids is 2. The summed E-state index contributed by atoms with van der Waals surface area (Å²) in [5.41, 5.74) is 5.86. The predicted molar refractivity (Wildman–Crippen MR) is 83.6 cm³/mol. The second-order valence-corrected chi connectivity index (χ2v) is 6.05.